The molecule has 188 valence electrons. The van der Waals surface area contributed by atoms with Crippen LogP contribution in [0.4, 0.5) is 0 Å². The Bertz CT molecular complexity index is 1140. The number of hydrogen-bond acceptors (Lipinski definition) is 2. The van der Waals surface area contributed by atoms with Crippen LogP contribution < -0.4 is 5.32 Å². The van der Waals surface area contributed by atoms with Crippen molar-refractivity contribution in [3.63, 3.8) is 0 Å². The van der Waals surface area contributed by atoms with Crippen molar-refractivity contribution < 1.29 is 9.59 Å². The molecule has 36 heavy (non-hydrogen) atoms. The molecule has 1 aliphatic rings. The number of amides is 2. The Morgan fingerprint density at radius 1 is 0.889 bits per heavy atom. The fraction of sp³-hybridized carbons (Fsp3) is 0.355. The van der Waals surface area contributed by atoms with E-state index in [1.807, 2.05) is 85.8 Å². The van der Waals surface area contributed by atoms with Gasteiger partial charge in [-0.15, -0.1) is 0 Å². The van der Waals surface area contributed by atoms with E-state index in [-0.39, 0.29) is 24.3 Å². The molecule has 1 aliphatic carbocycles. The molecular weight excluding hydrogens is 468 g/mol. The zero-order chi connectivity index (χ0) is 25.3. The lowest BCUT2D eigenvalue weighted by molar-refractivity contribution is -0.141. The molecule has 1 fully saturated rings. The van der Waals surface area contributed by atoms with E-state index in [4.69, 9.17) is 11.6 Å². The number of hydrogen-bond donors (Lipinski definition) is 1. The van der Waals surface area contributed by atoms with Crippen LogP contribution in [0.15, 0.2) is 78.9 Å². The number of halogens is 1. The van der Waals surface area contributed by atoms with Gasteiger partial charge >= 0.3 is 0 Å². The minimum Gasteiger partial charge on any atom is -0.352 e. The molecule has 3 aromatic carbocycles. The molecule has 0 aliphatic heterocycles. The summed E-state index contributed by atoms with van der Waals surface area (Å²) in [4.78, 5) is 29.4. The molecule has 5 heteroatoms. The minimum atomic E-state index is -0.610. The Balaban J connectivity index is 1.65. The molecule has 0 aromatic heterocycles. The van der Waals surface area contributed by atoms with Crippen LogP contribution in [-0.2, 0) is 29.0 Å². The third-order valence-electron chi connectivity index (χ3n) is 7.09. The van der Waals surface area contributed by atoms with Crippen molar-refractivity contribution in [3.8, 4) is 0 Å². The summed E-state index contributed by atoms with van der Waals surface area (Å²) in [7, 11) is 0. The lowest BCUT2D eigenvalue weighted by atomic mass is 9.94. The van der Waals surface area contributed by atoms with Gasteiger partial charge in [-0.2, -0.15) is 0 Å². The summed E-state index contributed by atoms with van der Waals surface area (Å²) in [6.07, 6.45) is 6.20. The molecular formula is C31H35ClN2O2. The Morgan fingerprint density at radius 2 is 1.56 bits per heavy atom. The standard InChI is InChI=1S/C31H35ClN2O2/c1-23-10-8-9-13-26(23)21-30(35)34(22-25-16-18-27(32)19-17-25)29(20-24-11-4-2-5-12-24)31(36)33-28-14-6-3-7-15-28/h2,4-5,8-13,16-19,28-29H,3,6-7,14-15,20-22H2,1H3,(H,33,36)/t29-/m0/s1. The van der Waals surface area contributed by atoms with Crippen molar-refractivity contribution >= 4 is 23.4 Å². The van der Waals surface area contributed by atoms with Crippen molar-refractivity contribution in [2.45, 2.75) is 70.5 Å². The predicted molar refractivity (Wildman–Crippen MR) is 146 cm³/mol. The first-order chi connectivity index (χ1) is 17.5. The molecule has 0 spiro atoms. The number of aryl methyl sites for hydroxylation is 1. The number of nitrogens with one attached hydrogen (secondary N) is 1. The van der Waals surface area contributed by atoms with Gasteiger partial charge in [0, 0.05) is 24.0 Å². The van der Waals surface area contributed by atoms with E-state index in [0.29, 0.717) is 18.0 Å². The maximum Gasteiger partial charge on any atom is 0.243 e. The van der Waals surface area contributed by atoms with Gasteiger partial charge in [0.1, 0.15) is 6.04 Å². The van der Waals surface area contributed by atoms with E-state index in [9.17, 15) is 9.59 Å². The van der Waals surface area contributed by atoms with E-state index in [1.165, 1.54) is 6.42 Å². The molecule has 4 rings (SSSR count). The Morgan fingerprint density at radius 3 is 2.25 bits per heavy atom. The van der Waals surface area contributed by atoms with Crippen LogP contribution in [0.2, 0.25) is 5.02 Å². The van der Waals surface area contributed by atoms with E-state index in [2.05, 4.69) is 5.32 Å². The topological polar surface area (TPSA) is 49.4 Å². The zero-order valence-electron chi connectivity index (χ0n) is 21.0. The quantitative estimate of drug-likeness (QED) is 0.374. The Kier molecular flexibility index (Phi) is 9.18. The van der Waals surface area contributed by atoms with E-state index >= 15 is 0 Å². The molecule has 0 unspecified atom stereocenters. The molecule has 1 N–H and O–H groups in total. The second kappa shape index (κ2) is 12.7. The summed E-state index contributed by atoms with van der Waals surface area (Å²) >= 11 is 6.12. The van der Waals surface area contributed by atoms with Gasteiger partial charge < -0.3 is 10.2 Å². The second-order valence-corrected chi connectivity index (χ2v) is 10.2. The zero-order valence-corrected chi connectivity index (χ0v) is 21.7. The molecule has 1 atom stereocenters. The second-order valence-electron chi connectivity index (χ2n) is 9.80. The van der Waals surface area contributed by atoms with Gasteiger partial charge in [0.15, 0.2) is 0 Å². The first-order valence-electron chi connectivity index (χ1n) is 12.9. The van der Waals surface area contributed by atoms with Gasteiger partial charge in [-0.1, -0.05) is 97.6 Å². The van der Waals surface area contributed by atoms with Crippen molar-refractivity contribution in [2.75, 3.05) is 0 Å². The van der Waals surface area contributed by atoms with E-state index < -0.39 is 6.04 Å². The number of carbonyl (C=O) groups is 2. The molecule has 0 saturated heterocycles. The minimum absolute atomic E-state index is 0.0565. The highest BCUT2D eigenvalue weighted by Crippen LogP contribution is 2.21. The lowest BCUT2D eigenvalue weighted by Gasteiger charge is -2.33. The van der Waals surface area contributed by atoms with Crippen molar-refractivity contribution in [3.05, 3.63) is 106 Å². The van der Waals surface area contributed by atoms with Crippen LogP contribution in [0, 0.1) is 6.92 Å². The van der Waals surface area contributed by atoms with Crippen molar-refractivity contribution in [1.82, 2.24) is 10.2 Å². The summed E-state index contributed by atoms with van der Waals surface area (Å²) in [5, 5.41) is 3.94. The van der Waals surface area contributed by atoms with Crippen LogP contribution in [0.1, 0.15) is 54.4 Å². The predicted octanol–water partition coefficient (Wildman–Crippen LogP) is 6.28. The SMILES string of the molecule is Cc1ccccc1CC(=O)N(Cc1ccc(Cl)cc1)[C@@H](Cc1ccccc1)C(=O)NC1CCCCC1. The maximum absolute atomic E-state index is 13.9. The number of benzene rings is 3. The van der Waals surface area contributed by atoms with Gasteiger partial charge in [0.2, 0.25) is 11.8 Å². The third-order valence-corrected chi connectivity index (χ3v) is 7.34. The maximum atomic E-state index is 13.9. The van der Waals surface area contributed by atoms with Gasteiger partial charge in [0.05, 0.1) is 6.42 Å². The van der Waals surface area contributed by atoms with Gasteiger partial charge in [0.25, 0.3) is 0 Å². The number of carbonyl (C=O) groups excluding carboxylic acids is 2. The Labute approximate surface area is 219 Å². The fourth-order valence-electron chi connectivity index (χ4n) is 4.96. The molecule has 0 bridgehead atoms. The number of rotatable bonds is 9. The monoisotopic (exact) mass is 502 g/mol. The fourth-order valence-corrected chi connectivity index (χ4v) is 5.08. The molecule has 3 aromatic rings. The van der Waals surface area contributed by atoms with Crippen LogP contribution >= 0.6 is 11.6 Å². The molecule has 0 radical (unpaired) electrons. The first kappa shape index (κ1) is 26.0. The van der Waals surface area contributed by atoms with Crippen LogP contribution in [0.3, 0.4) is 0 Å². The van der Waals surface area contributed by atoms with E-state index in [0.717, 1.165) is 47.9 Å². The van der Waals surface area contributed by atoms with Gasteiger partial charge in [-0.25, -0.2) is 0 Å². The summed E-state index contributed by atoms with van der Waals surface area (Å²) < 4.78 is 0. The van der Waals surface area contributed by atoms with Crippen molar-refractivity contribution in [1.29, 1.82) is 0 Å². The Hall–Kier alpha value is -3.11. The van der Waals surface area contributed by atoms with E-state index in [1.54, 1.807) is 4.90 Å². The van der Waals surface area contributed by atoms with Gasteiger partial charge in [-0.3, -0.25) is 9.59 Å². The van der Waals surface area contributed by atoms with Gasteiger partial charge in [-0.05, 0) is 54.2 Å². The highest BCUT2D eigenvalue weighted by molar-refractivity contribution is 6.30. The smallest absolute Gasteiger partial charge is 0.243 e. The summed E-state index contributed by atoms with van der Waals surface area (Å²) in [6.45, 7) is 2.36. The molecule has 1 saturated carbocycles. The first-order valence-corrected chi connectivity index (χ1v) is 13.3. The number of nitrogens with zero attached hydrogens (tertiary/aromatic N) is 1. The summed E-state index contributed by atoms with van der Waals surface area (Å²) in [5.74, 6) is -0.128. The molecule has 2 amide bonds. The lowest BCUT2D eigenvalue weighted by Crippen LogP contribution is -2.53. The summed E-state index contributed by atoms with van der Waals surface area (Å²) in [6, 6.07) is 25.0. The average Bonchev–Trinajstić information content (AvgIpc) is 2.89. The average molecular weight is 503 g/mol. The summed E-state index contributed by atoms with van der Waals surface area (Å²) in [5.41, 5.74) is 4.03. The van der Waals surface area contributed by atoms with Crippen LogP contribution in [0.5, 0.6) is 0 Å². The molecule has 4 nitrogen and oxygen atoms in total. The highest BCUT2D eigenvalue weighted by atomic mass is 35.5. The van der Waals surface area contributed by atoms with Crippen molar-refractivity contribution in [2.24, 2.45) is 0 Å². The van der Waals surface area contributed by atoms with Crippen LogP contribution in [-0.4, -0.2) is 28.8 Å². The van der Waals surface area contributed by atoms with Crippen LogP contribution in [0.25, 0.3) is 0 Å². The third kappa shape index (κ3) is 7.20. The highest BCUT2D eigenvalue weighted by Gasteiger charge is 2.32. The largest absolute Gasteiger partial charge is 0.352 e. The molecule has 0 heterocycles. The normalized spacial score (nSPS) is 14.7.